The summed E-state index contributed by atoms with van der Waals surface area (Å²) < 4.78 is 235. The molecule has 0 aliphatic heterocycles. The third-order valence-electron chi connectivity index (χ3n) is 12.9. The maximum absolute atomic E-state index is 13.2. The van der Waals surface area contributed by atoms with Crippen molar-refractivity contribution in [1.29, 1.82) is 0 Å². The van der Waals surface area contributed by atoms with Gasteiger partial charge in [-0.2, -0.15) is 0 Å². The molecule has 0 bridgehead atoms. The Morgan fingerprint density at radius 1 is 0.493 bits per heavy atom. The number of phenolic OH excluding ortho intramolecular Hbond substituents is 1. The normalized spacial score (nSPS) is 19.9. The van der Waals surface area contributed by atoms with Crippen LogP contribution in [0.25, 0.3) is 83.9 Å². The molecule has 0 amide bonds. The predicted molar refractivity (Wildman–Crippen MR) is 293 cm³/mol. The first kappa shape index (κ1) is 24.5. The molecule has 0 spiro atoms. The molecule has 0 unspecified atom stereocenters. The van der Waals surface area contributed by atoms with E-state index in [4.69, 9.17) is 47.0 Å². The molecule has 0 aliphatic carbocycles. The van der Waals surface area contributed by atoms with Gasteiger partial charge in [0.1, 0.15) is 11.6 Å². The summed E-state index contributed by atoms with van der Waals surface area (Å²) in [6.07, 6.45) is 2.14. The SMILES string of the molecule is [2H]C([2H])([2H])C(c1ccc(-c2ccnc(-c3cc(-c4ccccc4)cc(-c4cccc5c4nc(-c4cc(C(C([2H])([2H])[2H])(C([2H])([2H])[2H])C([2H])([2H])[2H])cc(C(C([2H])([2H])[2H])(C([2H])([2H])[2H])C([2H])([2H])[2H])c4O)n5-c4ccc(C(C)(C)CC)cc4-c4ccccc4)c3)c2)cc1)(C([2H])([2H])[2H])C([2H])([2H])[2H]. The Labute approximate surface area is 448 Å². The van der Waals surface area contributed by atoms with Crippen molar-refractivity contribution in [2.45, 2.75) is 111 Å². The van der Waals surface area contributed by atoms with Gasteiger partial charge in [0.25, 0.3) is 0 Å². The summed E-state index contributed by atoms with van der Waals surface area (Å²) in [5.74, 6) is -1.93. The minimum absolute atomic E-state index is 0.0542. The Kier molecular flexibility index (Phi) is 6.32. The van der Waals surface area contributed by atoms with Crippen LogP contribution >= 0.6 is 0 Å². The van der Waals surface area contributed by atoms with E-state index in [1.165, 1.54) is 22.9 Å². The van der Waals surface area contributed by atoms with Crippen LogP contribution in [0.2, 0.25) is 0 Å². The molecule has 4 nitrogen and oxygen atoms in total. The molecule has 2 aromatic heterocycles. The number of fused-ring (bicyclic) bond motifs is 1. The van der Waals surface area contributed by atoms with Crippen molar-refractivity contribution >= 4 is 11.0 Å². The van der Waals surface area contributed by atoms with Gasteiger partial charge in [-0.15, -0.1) is 0 Å². The van der Waals surface area contributed by atoms with Crippen LogP contribution in [0.3, 0.4) is 0 Å². The number of hydrogen-bond acceptors (Lipinski definition) is 3. The van der Waals surface area contributed by atoms with E-state index in [1.54, 1.807) is 72.8 Å². The fourth-order valence-corrected chi connectivity index (χ4v) is 8.68. The van der Waals surface area contributed by atoms with E-state index >= 15 is 0 Å². The molecule has 1 N–H and O–H groups in total. The molecule has 0 fully saturated rings. The minimum Gasteiger partial charge on any atom is -0.507 e. The highest BCUT2D eigenvalue weighted by Crippen LogP contribution is 2.46. The molecule has 0 atom stereocenters. The summed E-state index contributed by atoms with van der Waals surface area (Å²) in [5, 5.41) is 13.2. The molecule has 0 saturated heterocycles. The first-order chi connectivity index (χ1) is 44.0. The van der Waals surface area contributed by atoms with Gasteiger partial charge < -0.3 is 5.11 Å². The van der Waals surface area contributed by atoms with Crippen molar-refractivity contribution in [2.24, 2.45) is 0 Å². The number of aromatic hydroxyl groups is 1. The van der Waals surface area contributed by atoms with Gasteiger partial charge >= 0.3 is 0 Å². The number of pyridine rings is 1. The van der Waals surface area contributed by atoms with Crippen molar-refractivity contribution < 1.29 is 42.1 Å². The van der Waals surface area contributed by atoms with E-state index < -0.39 is 117 Å². The van der Waals surface area contributed by atoms with Gasteiger partial charge in [-0.1, -0.05) is 192 Å². The molecule has 0 radical (unpaired) electrons. The quantitative estimate of drug-likeness (QED) is 0.157. The summed E-state index contributed by atoms with van der Waals surface area (Å²) in [6, 6.07) is 43.3. The average Bonchev–Trinajstić information content (AvgIpc) is 0.803. The third kappa shape index (κ3) is 9.30. The summed E-state index contributed by atoms with van der Waals surface area (Å²) in [6.45, 7) is -29.4. The Bertz CT molecular complexity index is 4250. The van der Waals surface area contributed by atoms with Crippen LogP contribution in [0.4, 0.5) is 0 Å². The lowest BCUT2D eigenvalue weighted by Gasteiger charge is -2.28. The number of aromatic nitrogens is 3. The van der Waals surface area contributed by atoms with E-state index in [0.29, 0.717) is 68.3 Å². The molecule has 4 heteroatoms. The van der Waals surface area contributed by atoms with Crippen LogP contribution in [0, 0.1) is 0 Å². The highest BCUT2D eigenvalue weighted by atomic mass is 16.3. The van der Waals surface area contributed by atoms with E-state index in [9.17, 15) is 5.11 Å². The van der Waals surface area contributed by atoms with Crippen molar-refractivity contribution in [1.82, 2.24) is 14.5 Å². The second kappa shape index (κ2) is 17.8. The van der Waals surface area contributed by atoms with Gasteiger partial charge in [0, 0.05) is 65.5 Å². The van der Waals surface area contributed by atoms with E-state index in [-0.39, 0.29) is 22.8 Å². The van der Waals surface area contributed by atoms with Crippen LogP contribution in [0.15, 0.2) is 170 Å². The zero-order valence-corrected chi connectivity index (χ0v) is 38.2. The summed E-state index contributed by atoms with van der Waals surface area (Å²) >= 11 is 0. The molecular weight excluding hydrogens is 839 g/mol. The van der Waals surface area contributed by atoms with E-state index in [2.05, 4.69) is 0 Å². The number of para-hydroxylation sites is 1. The van der Waals surface area contributed by atoms with Gasteiger partial charge in [-0.3, -0.25) is 9.55 Å². The van der Waals surface area contributed by atoms with Gasteiger partial charge in [-0.05, 0) is 133 Å². The number of hydrogen-bond donors (Lipinski definition) is 1. The Morgan fingerprint density at radius 2 is 1.10 bits per heavy atom. The van der Waals surface area contributed by atoms with Crippen molar-refractivity contribution in [3.8, 4) is 78.6 Å². The Morgan fingerprint density at radius 3 is 1.78 bits per heavy atom. The smallest absolute Gasteiger partial charge is 0.149 e. The monoisotopic (exact) mass is 933 g/mol. The molecule has 7 aromatic carbocycles. The van der Waals surface area contributed by atoms with Crippen LogP contribution in [0.5, 0.6) is 5.75 Å². The summed E-state index contributed by atoms with van der Waals surface area (Å²) in [5.41, 5.74) is -10.1. The number of benzene rings is 7. The summed E-state index contributed by atoms with van der Waals surface area (Å²) in [4.78, 5) is 9.95. The van der Waals surface area contributed by atoms with Crippen LogP contribution < -0.4 is 0 Å². The minimum atomic E-state index is -4.22. The van der Waals surface area contributed by atoms with Gasteiger partial charge in [0.15, 0.2) is 0 Å². The number of rotatable bonds is 9. The highest BCUT2D eigenvalue weighted by Gasteiger charge is 2.30. The zero-order chi connectivity index (χ0) is 71.5. The largest absolute Gasteiger partial charge is 0.507 e. The second-order valence-electron chi connectivity index (χ2n) is 18.1. The first-order valence-electron chi connectivity index (χ1n) is 35.8. The van der Waals surface area contributed by atoms with Crippen molar-refractivity contribution in [3.05, 3.63) is 192 Å². The fourth-order valence-electron chi connectivity index (χ4n) is 8.68. The lowest BCUT2D eigenvalue weighted by molar-refractivity contribution is 0.446. The molecule has 0 saturated carbocycles. The lowest BCUT2D eigenvalue weighted by Crippen LogP contribution is -2.17. The van der Waals surface area contributed by atoms with Gasteiger partial charge in [0.05, 0.1) is 28.0 Å². The summed E-state index contributed by atoms with van der Waals surface area (Å²) in [7, 11) is 0. The topological polar surface area (TPSA) is 50.9 Å². The fraction of sp³-hybridized carbons (Fsp3) is 0.262. The molecule has 348 valence electrons. The standard InChI is InChI=1S/C65H67N3O/c1-13-65(11,12)50-31-32-57(53(39-50)44-23-18-15-19-24-44)68-58-26-20-25-52(59(58)67-61(68)54-40-51(63(5,6)7)41-55(60(54)69)64(8,9)10)47-35-46(42-21-16-14-17-22-42)36-48(37-47)56-38-45(33-34-66-56)43-27-29-49(30-28-43)62(2,3)4/h14-41,69H,13H2,1-12H3/i2D3,3D3,4D3,5D3,6D3,7D3,8D3,9D3,10D3. The van der Waals surface area contributed by atoms with Crippen LogP contribution in [-0.2, 0) is 21.7 Å². The zero-order valence-electron chi connectivity index (χ0n) is 65.2. The van der Waals surface area contributed by atoms with E-state index in [1.807, 2.05) is 75.4 Å². The number of imidazole rings is 1. The third-order valence-corrected chi connectivity index (χ3v) is 12.9. The van der Waals surface area contributed by atoms with E-state index in [0.717, 1.165) is 17.7 Å². The van der Waals surface area contributed by atoms with Crippen LogP contribution in [0.1, 0.15) is 148 Å². The Hall–Kier alpha value is -7.04. The van der Waals surface area contributed by atoms with Crippen molar-refractivity contribution in [3.63, 3.8) is 0 Å². The number of phenols is 1. The van der Waals surface area contributed by atoms with Gasteiger partial charge in [0.2, 0.25) is 0 Å². The Balaban J connectivity index is 1.44. The maximum Gasteiger partial charge on any atom is 0.149 e. The molecule has 0 aliphatic rings. The molecule has 9 rings (SSSR count). The highest BCUT2D eigenvalue weighted by molar-refractivity contribution is 5.98. The molecule has 9 aromatic rings. The number of nitrogens with zero attached hydrogens (tertiary/aromatic N) is 3. The molecular formula is C65H67N3O. The second-order valence-corrected chi connectivity index (χ2v) is 18.1. The average molecular weight is 933 g/mol. The maximum atomic E-state index is 13.2. The first-order valence-corrected chi connectivity index (χ1v) is 22.3. The van der Waals surface area contributed by atoms with Crippen LogP contribution in [-0.4, -0.2) is 19.6 Å². The molecule has 69 heavy (non-hydrogen) atoms. The predicted octanol–water partition coefficient (Wildman–Crippen LogP) is 17.7. The van der Waals surface area contributed by atoms with Gasteiger partial charge in [-0.25, -0.2) is 4.98 Å². The lowest BCUT2D eigenvalue weighted by atomic mass is 9.78. The molecule has 2 heterocycles. The van der Waals surface area contributed by atoms with Crippen molar-refractivity contribution in [2.75, 3.05) is 0 Å².